The molecule has 4 aliphatic carbocycles. The molecule has 0 bridgehead atoms. The number of carbonyl (C=O) groups is 11. The zero-order valence-corrected chi connectivity index (χ0v) is 68.0. The van der Waals surface area contributed by atoms with Crippen LogP contribution < -0.4 is 66.7 Å². The third-order valence-electron chi connectivity index (χ3n) is 25.2. The van der Waals surface area contributed by atoms with Crippen LogP contribution in [-0.2, 0) is 59.2 Å². The van der Waals surface area contributed by atoms with Crippen molar-refractivity contribution in [2.75, 3.05) is 39.4 Å². The fourth-order valence-corrected chi connectivity index (χ4v) is 18.7. The van der Waals surface area contributed by atoms with E-state index < -0.39 is 170 Å². The minimum Gasteiger partial charge on any atom is -0.481 e. The van der Waals surface area contributed by atoms with Crippen molar-refractivity contribution in [3.8, 4) is 0 Å². The number of aliphatic hydroxyl groups is 4. The van der Waals surface area contributed by atoms with Gasteiger partial charge in [-0.3, -0.25) is 67.7 Å². The third kappa shape index (κ3) is 30.0. The monoisotopic (exact) mass is 1590 g/mol. The Kier molecular flexibility index (Phi) is 39.9. The molecule has 1 aromatic carbocycles. The maximum atomic E-state index is 14.9. The number of nitrogens with zero attached hydrogens (tertiary/aromatic N) is 3. The number of carboxylic acids is 1. The van der Waals surface area contributed by atoms with E-state index in [0.717, 1.165) is 32.1 Å². The van der Waals surface area contributed by atoms with E-state index in [-0.39, 0.29) is 123 Å². The molecule has 0 aromatic heterocycles. The molecule has 31 nitrogen and oxygen atoms in total. The summed E-state index contributed by atoms with van der Waals surface area (Å²) in [5.41, 5.74) is 40.0. The van der Waals surface area contributed by atoms with Crippen molar-refractivity contribution >= 4 is 82.3 Å². The van der Waals surface area contributed by atoms with Crippen LogP contribution in [0.3, 0.4) is 0 Å². The van der Waals surface area contributed by atoms with Crippen molar-refractivity contribution in [2.24, 2.45) is 137 Å². The van der Waals surface area contributed by atoms with E-state index in [4.69, 9.17) is 40.1 Å². The Morgan fingerprint density at radius 2 is 1.03 bits per heavy atom. The van der Waals surface area contributed by atoms with Crippen LogP contribution in [0.1, 0.15) is 227 Å². The van der Waals surface area contributed by atoms with Gasteiger partial charge >= 0.3 is 5.97 Å². The molecule has 5 amide bonds. The molecule has 113 heavy (non-hydrogen) atoms. The molecule has 1 aromatic rings. The minimum absolute atomic E-state index is 0.00216. The van der Waals surface area contributed by atoms with E-state index in [1.807, 2.05) is 6.92 Å². The van der Waals surface area contributed by atoms with Gasteiger partial charge in [0.15, 0.2) is 46.8 Å². The minimum atomic E-state index is -1.74. The third-order valence-corrected chi connectivity index (χ3v) is 25.2. The predicted octanol–water partition coefficient (Wildman–Crippen LogP) is 3.16. The first-order valence-electron chi connectivity index (χ1n) is 41.3. The number of Topliss-reactive ketones (excluding diaryl/α,β-unsaturated/α-hetero) is 5. The lowest BCUT2D eigenvalue weighted by Gasteiger charge is -2.61. The number of carboxylic acid groups (broad SMARTS) is 1. The summed E-state index contributed by atoms with van der Waals surface area (Å²) in [5.74, 6) is -11.6. The Morgan fingerprint density at radius 3 is 1.59 bits per heavy atom. The molecule has 0 aliphatic heterocycles. The van der Waals surface area contributed by atoms with Gasteiger partial charge in [-0.2, -0.15) is 0 Å². The number of carbonyl (C=O) groups excluding carboxylic acids is 10. The number of aliphatic imine (C=N–C) groups is 3. The van der Waals surface area contributed by atoms with E-state index in [9.17, 15) is 78.3 Å². The second kappa shape index (κ2) is 47.1. The number of hydrogen-bond donors (Lipinski definition) is 17. The summed E-state index contributed by atoms with van der Waals surface area (Å²) in [7, 11) is 0. The Balaban J connectivity index is 1.28. The summed E-state index contributed by atoms with van der Waals surface area (Å²) >= 11 is 0. The van der Waals surface area contributed by atoms with Gasteiger partial charge in [-0.25, -0.2) is 0 Å². The number of ketones is 5. The van der Waals surface area contributed by atoms with Crippen LogP contribution >= 0.6 is 0 Å². The molecule has 0 spiro atoms. The number of hydrogen-bond acceptors (Lipinski definition) is 19. The Labute approximate surface area is 667 Å². The van der Waals surface area contributed by atoms with E-state index in [1.165, 1.54) is 32.6 Å². The second-order valence-electron chi connectivity index (χ2n) is 33.9. The number of aliphatic hydroxyl groups excluding tert-OH is 4. The SMILES string of the molecule is CC(C)[C@H](CC(=O)[C@@H](NC(=O)CC[C@@H](C)[C@H]1CCC2C3CCC4C[C@H](O)CC[C@]4(C)C3CC[C@@]21C)[C@@H](C)O)C(=O)N[C@@H](Cc1ccccc1)C(=O)C[C@H](CCCN=C(N)N)C(=O)N[C@@H](CO)C(=O)CC(CO)C(=O)N[C@@H](CCCN=C(N)N)C(=O)C[C@@H](CCC(=O)O)C(=O)N[C@@H](CCCCN)C(=O)C[C@H](C)CCCN=C(N)N. The average molecular weight is 1590 g/mol. The quantitative estimate of drug-likeness (QED) is 0.0253. The first kappa shape index (κ1) is 95.6. The van der Waals surface area contributed by atoms with Crippen LogP contribution in [0, 0.1) is 81.8 Å². The summed E-state index contributed by atoms with van der Waals surface area (Å²) in [6.45, 7) is 12.5. The van der Waals surface area contributed by atoms with Gasteiger partial charge in [-0.1, -0.05) is 71.9 Å². The van der Waals surface area contributed by atoms with Crippen molar-refractivity contribution in [3.63, 3.8) is 0 Å². The van der Waals surface area contributed by atoms with Crippen molar-refractivity contribution in [1.29, 1.82) is 0 Å². The number of aliphatic carboxylic acids is 1. The van der Waals surface area contributed by atoms with Crippen LogP contribution in [0.25, 0.3) is 0 Å². The van der Waals surface area contributed by atoms with Crippen LogP contribution in [0.4, 0.5) is 0 Å². The number of amides is 5. The normalized spacial score (nSPS) is 23.6. The smallest absolute Gasteiger partial charge is 0.303 e. The van der Waals surface area contributed by atoms with Gasteiger partial charge in [0.25, 0.3) is 0 Å². The van der Waals surface area contributed by atoms with E-state index in [0.29, 0.717) is 80.3 Å². The summed E-state index contributed by atoms with van der Waals surface area (Å²) in [4.78, 5) is 167. The number of nitrogens with one attached hydrogen (secondary N) is 5. The van der Waals surface area contributed by atoms with Crippen molar-refractivity contribution in [2.45, 2.75) is 271 Å². The van der Waals surface area contributed by atoms with Crippen molar-refractivity contribution < 1.29 is 78.3 Å². The molecule has 4 saturated carbocycles. The molecule has 24 N–H and O–H groups in total. The van der Waals surface area contributed by atoms with Gasteiger partial charge in [0.2, 0.25) is 29.5 Å². The standard InChI is InChI=1S/C82H137N15O16/c1-47(2)58(44-70(106)73(50(5)100)97-71(107)28-22-49(4)59-26-27-60-57-25-24-55-43-56(101)30-32-81(55,6)61(57)31-33-82(59,60)7)77(113)95-64(39-51-17-9-8-10-18-51)68(104)40-52(19-14-36-91-79(86)87)74(110)96-65(46-99)69(105)42-54(45-98)76(112)94-63(21-15-37-92-80(88)89)67(103)41-53(23-29-72(108)109)75(111)93-62(20-11-12-34-83)66(102)38-48(3)16-13-35-90-78(84)85/h8-10,17-18,47-50,52-65,73,98-101H,11-16,19-46,83H2,1-7H3,(H,93,111)(H,94,112)(H,95,113)(H,96,110)(H,97,107)(H,108,109)(H4,84,85,90)(H4,86,87,91)(H4,88,89,92)/t48-,49-,50-,52+,53-,54?,55?,56-,57?,58+,59-,60?,61?,62+,63+,64+,65+,73+,81+,82-/m1/s1. The maximum Gasteiger partial charge on any atom is 0.303 e. The highest BCUT2D eigenvalue weighted by atomic mass is 16.4. The lowest BCUT2D eigenvalue weighted by Crippen LogP contribution is -2.54. The predicted molar refractivity (Wildman–Crippen MR) is 431 cm³/mol. The highest BCUT2D eigenvalue weighted by Crippen LogP contribution is 2.68. The zero-order chi connectivity index (χ0) is 83.9. The lowest BCUT2D eigenvalue weighted by molar-refractivity contribution is -0.139. The molecule has 5 rings (SSSR count). The molecule has 31 heteroatoms. The van der Waals surface area contributed by atoms with Gasteiger partial charge in [-0.05, 0) is 212 Å². The molecule has 0 radical (unpaired) electrons. The first-order valence-corrected chi connectivity index (χ1v) is 41.3. The van der Waals surface area contributed by atoms with Gasteiger partial charge < -0.3 is 92.3 Å². The summed E-state index contributed by atoms with van der Waals surface area (Å²) in [6.07, 6.45) is 8.05. The Hall–Kier alpha value is -8.00. The number of rotatable bonds is 53. The van der Waals surface area contributed by atoms with E-state index in [2.05, 4.69) is 62.3 Å². The van der Waals surface area contributed by atoms with Gasteiger partial charge in [0, 0.05) is 82.3 Å². The zero-order valence-electron chi connectivity index (χ0n) is 68.0. The summed E-state index contributed by atoms with van der Waals surface area (Å²) in [5, 5.41) is 66.3. The van der Waals surface area contributed by atoms with Crippen molar-refractivity contribution in [1.82, 2.24) is 26.6 Å². The molecule has 4 fully saturated rings. The molecular formula is C82H137N15O16. The summed E-state index contributed by atoms with van der Waals surface area (Å²) in [6, 6.07) is 1.86. The van der Waals surface area contributed by atoms with Crippen molar-refractivity contribution in [3.05, 3.63) is 35.9 Å². The van der Waals surface area contributed by atoms with Gasteiger partial charge in [0.05, 0.1) is 49.5 Å². The van der Waals surface area contributed by atoms with Gasteiger partial charge in [0.1, 0.15) is 12.1 Å². The fraction of sp³-hybridized carbons (Fsp3) is 0.756. The molecule has 636 valence electrons. The number of nitrogens with two attached hydrogens (primary N) is 7. The van der Waals surface area contributed by atoms with Crippen LogP contribution in [-0.4, -0.2) is 190 Å². The fourth-order valence-electron chi connectivity index (χ4n) is 18.7. The largest absolute Gasteiger partial charge is 0.481 e. The molecular weight excluding hydrogens is 1450 g/mol. The summed E-state index contributed by atoms with van der Waals surface area (Å²) < 4.78 is 0. The molecule has 5 unspecified atom stereocenters. The second-order valence-corrected chi connectivity index (χ2v) is 33.9. The van der Waals surface area contributed by atoms with Gasteiger partial charge in [-0.15, -0.1) is 0 Å². The highest BCUT2D eigenvalue weighted by molar-refractivity contribution is 5.99. The average Bonchev–Trinajstić information content (AvgIpc) is 1.69. The number of unbranched alkanes of at least 4 members (excludes halogenated alkanes) is 1. The Bertz CT molecular complexity index is 3380. The van der Waals surface area contributed by atoms with E-state index >= 15 is 0 Å². The molecule has 0 saturated heterocycles. The Morgan fingerprint density at radius 1 is 0.513 bits per heavy atom. The van der Waals surface area contributed by atoms with Crippen LogP contribution in [0.5, 0.6) is 0 Å². The first-order chi connectivity index (χ1) is 53.5. The number of benzene rings is 1. The molecule has 4 aliphatic rings. The maximum absolute atomic E-state index is 14.9. The molecule has 0 heterocycles. The molecule has 20 atom stereocenters. The topological polar surface area (TPSA) is 568 Å². The van der Waals surface area contributed by atoms with Crippen LogP contribution in [0.15, 0.2) is 45.3 Å². The van der Waals surface area contributed by atoms with Crippen LogP contribution in [0.2, 0.25) is 0 Å². The highest BCUT2D eigenvalue weighted by Gasteiger charge is 2.61. The number of guanidine groups is 3. The lowest BCUT2D eigenvalue weighted by atomic mass is 9.44. The van der Waals surface area contributed by atoms with E-state index in [1.54, 1.807) is 44.2 Å². The number of fused-ring (bicyclic) bond motifs is 5.